The maximum absolute atomic E-state index is 13.5. The highest BCUT2D eigenvalue weighted by Gasteiger charge is 2.33. The van der Waals surface area contributed by atoms with Crippen molar-refractivity contribution in [2.45, 2.75) is 25.4 Å². The Hall–Kier alpha value is -3.81. The van der Waals surface area contributed by atoms with E-state index in [2.05, 4.69) is 28.9 Å². The quantitative estimate of drug-likeness (QED) is 0.368. The molecule has 1 fully saturated rings. The molecule has 0 saturated carbocycles. The van der Waals surface area contributed by atoms with Crippen molar-refractivity contribution in [3.63, 3.8) is 0 Å². The number of aryl methyl sites for hydroxylation is 1. The zero-order chi connectivity index (χ0) is 25.3. The summed E-state index contributed by atoms with van der Waals surface area (Å²) in [6, 6.07) is 19.0. The molecule has 0 bridgehead atoms. The van der Waals surface area contributed by atoms with Crippen molar-refractivity contribution in [1.29, 1.82) is 0 Å². The number of nitrogens with zero attached hydrogens (tertiary/aromatic N) is 4. The molecule has 0 N–H and O–H groups in total. The van der Waals surface area contributed by atoms with Gasteiger partial charge in [0.25, 0.3) is 0 Å². The average Bonchev–Trinajstić information content (AvgIpc) is 3.31. The first-order valence-corrected chi connectivity index (χ1v) is 12.0. The van der Waals surface area contributed by atoms with E-state index in [1.54, 1.807) is 12.3 Å². The summed E-state index contributed by atoms with van der Waals surface area (Å²) in [4.78, 5) is 22.0. The number of carbonyl (C=O) groups excluding carboxylic acids is 1. The fourth-order valence-electron chi connectivity index (χ4n) is 4.95. The zero-order valence-electron chi connectivity index (χ0n) is 19.9. The summed E-state index contributed by atoms with van der Waals surface area (Å²) in [6.07, 6.45) is -0.919. The molecule has 8 heteroatoms. The van der Waals surface area contributed by atoms with Crippen LogP contribution in [0.4, 0.5) is 18.9 Å². The molecule has 2 aromatic carbocycles. The number of benzene rings is 2. The number of fused-ring (bicyclic) bond motifs is 1. The number of amides is 1. The second kappa shape index (κ2) is 9.68. The molecule has 1 unspecified atom stereocenters. The van der Waals surface area contributed by atoms with Crippen molar-refractivity contribution in [3.8, 4) is 0 Å². The fraction of sp³-hybridized carbons (Fsp3) is 0.286. The minimum Gasteiger partial charge on any atom is -0.368 e. The number of halogens is 3. The number of piperazine rings is 1. The van der Waals surface area contributed by atoms with E-state index in [0.29, 0.717) is 43.1 Å². The number of hydrogen-bond donors (Lipinski definition) is 0. The molecular formula is C28H27F3N4O. The van der Waals surface area contributed by atoms with E-state index in [9.17, 15) is 18.0 Å². The van der Waals surface area contributed by atoms with Gasteiger partial charge >= 0.3 is 6.18 Å². The van der Waals surface area contributed by atoms with Crippen LogP contribution >= 0.6 is 0 Å². The number of anilines is 1. The second-order valence-electron chi connectivity index (χ2n) is 9.15. The molecule has 0 radical (unpaired) electrons. The molecule has 186 valence electrons. The van der Waals surface area contributed by atoms with Crippen molar-refractivity contribution < 1.29 is 18.0 Å². The fourth-order valence-corrected chi connectivity index (χ4v) is 4.95. The van der Waals surface area contributed by atoms with E-state index in [-0.39, 0.29) is 12.3 Å². The third-order valence-electron chi connectivity index (χ3n) is 6.89. The van der Waals surface area contributed by atoms with Crippen LogP contribution in [-0.4, -0.2) is 46.4 Å². The van der Waals surface area contributed by atoms with Gasteiger partial charge < -0.3 is 14.2 Å². The first-order valence-electron chi connectivity index (χ1n) is 12.0. The van der Waals surface area contributed by atoms with Crippen molar-refractivity contribution in [3.05, 3.63) is 102 Å². The molecule has 0 aliphatic carbocycles. The van der Waals surface area contributed by atoms with Crippen molar-refractivity contribution >= 4 is 17.2 Å². The van der Waals surface area contributed by atoms with Crippen LogP contribution in [0.5, 0.6) is 0 Å². The van der Waals surface area contributed by atoms with Gasteiger partial charge in [-0.05, 0) is 42.3 Å². The van der Waals surface area contributed by atoms with E-state index in [0.717, 1.165) is 17.8 Å². The van der Waals surface area contributed by atoms with Crippen LogP contribution in [0.25, 0.3) is 5.65 Å². The summed E-state index contributed by atoms with van der Waals surface area (Å²) in [6.45, 7) is 4.62. The van der Waals surface area contributed by atoms with Gasteiger partial charge in [0, 0.05) is 56.6 Å². The lowest BCUT2D eigenvalue weighted by atomic mass is 9.90. The van der Waals surface area contributed by atoms with Gasteiger partial charge in [-0.2, -0.15) is 13.2 Å². The molecule has 5 rings (SSSR count). The van der Waals surface area contributed by atoms with Gasteiger partial charge in [-0.25, -0.2) is 4.98 Å². The van der Waals surface area contributed by atoms with Crippen molar-refractivity contribution in [2.24, 2.45) is 0 Å². The number of hydrogen-bond acceptors (Lipinski definition) is 3. The van der Waals surface area contributed by atoms with Crippen molar-refractivity contribution in [1.82, 2.24) is 14.3 Å². The van der Waals surface area contributed by atoms with Gasteiger partial charge in [-0.1, -0.05) is 42.5 Å². The minimum atomic E-state index is -4.46. The molecule has 4 aromatic rings. The van der Waals surface area contributed by atoms with E-state index < -0.39 is 17.7 Å². The maximum Gasteiger partial charge on any atom is 0.416 e. The lowest BCUT2D eigenvalue weighted by Gasteiger charge is -2.37. The normalized spacial score (nSPS) is 15.3. The van der Waals surface area contributed by atoms with Gasteiger partial charge in [0.1, 0.15) is 5.65 Å². The summed E-state index contributed by atoms with van der Waals surface area (Å²) >= 11 is 0. The molecule has 1 aliphatic heterocycles. The predicted molar refractivity (Wildman–Crippen MR) is 133 cm³/mol. The highest BCUT2D eigenvalue weighted by Crippen LogP contribution is 2.35. The monoisotopic (exact) mass is 492 g/mol. The Balaban J connectivity index is 1.40. The summed E-state index contributed by atoms with van der Waals surface area (Å²) in [5.74, 6) is -0.640. The zero-order valence-corrected chi connectivity index (χ0v) is 19.9. The molecule has 3 heterocycles. The largest absolute Gasteiger partial charge is 0.416 e. The molecular weight excluding hydrogens is 465 g/mol. The van der Waals surface area contributed by atoms with Crippen LogP contribution < -0.4 is 4.90 Å². The standard InChI is InChI=1S/C28H27F3N4O/c1-20-7-2-3-10-24(20)33-13-15-34(16-14-33)27(36)18-23(21-8-6-9-22(17-21)28(29,30)31)25-19-32-26-11-4-5-12-35(25)26/h2-12,17,19,23H,13-16,18H2,1H3. The number of alkyl halides is 3. The highest BCUT2D eigenvalue weighted by molar-refractivity contribution is 5.78. The Kier molecular flexibility index (Phi) is 6.43. The van der Waals surface area contributed by atoms with Crippen LogP contribution in [0.15, 0.2) is 79.1 Å². The lowest BCUT2D eigenvalue weighted by molar-refractivity contribution is -0.137. The molecule has 1 amide bonds. The molecule has 1 saturated heterocycles. The second-order valence-corrected chi connectivity index (χ2v) is 9.15. The van der Waals surface area contributed by atoms with Crippen LogP contribution in [-0.2, 0) is 11.0 Å². The summed E-state index contributed by atoms with van der Waals surface area (Å²) in [5, 5.41) is 0. The van der Waals surface area contributed by atoms with E-state index >= 15 is 0 Å². The van der Waals surface area contributed by atoms with Gasteiger partial charge in [-0.3, -0.25) is 4.79 Å². The van der Waals surface area contributed by atoms with Crippen LogP contribution in [0.3, 0.4) is 0 Å². The Morgan fingerprint density at radius 3 is 2.47 bits per heavy atom. The molecule has 1 aliphatic rings. The van der Waals surface area contributed by atoms with Gasteiger partial charge in [0.05, 0.1) is 11.3 Å². The molecule has 5 nitrogen and oxygen atoms in total. The third-order valence-corrected chi connectivity index (χ3v) is 6.89. The van der Waals surface area contributed by atoms with Gasteiger partial charge in [-0.15, -0.1) is 0 Å². The first kappa shape index (κ1) is 23.9. The van der Waals surface area contributed by atoms with Gasteiger partial charge in [0.2, 0.25) is 5.91 Å². The summed E-state index contributed by atoms with van der Waals surface area (Å²) in [5.41, 5.74) is 3.45. The van der Waals surface area contributed by atoms with Crippen LogP contribution in [0, 0.1) is 6.92 Å². The predicted octanol–water partition coefficient (Wildman–Crippen LogP) is 5.53. The van der Waals surface area contributed by atoms with Gasteiger partial charge in [0.15, 0.2) is 0 Å². The number of pyridine rings is 1. The smallest absolute Gasteiger partial charge is 0.368 e. The topological polar surface area (TPSA) is 40.8 Å². The number of carbonyl (C=O) groups is 1. The Morgan fingerprint density at radius 2 is 1.72 bits per heavy atom. The van der Waals surface area contributed by atoms with E-state index in [1.807, 2.05) is 45.8 Å². The molecule has 2 aromatic heterocycles. The van der Waals surface area contributed by atoms with Crippen LogP contribution in [0.1, 0.15) is 34.7 Å². The molecule has 0 spiro atoms. The number of aromatic nitrogens is 2. The Labute approximate surface area is 207 Å². The van der Waals surface area contributed by atoms with E-state index in [1.165, 1.54) is 11.6 Å². The van der Waals surface area contributed by atoms with E-state index in [4.69, 9.17) is 0 Å². The van der Waals surface area contributed by atoms with Crippen LogP contribution in [0.2, 0.25) is 0 Å². The lowest BCUT2D eigenvalue weighted by Crippen LogP contribution is -2.49. The SMILES string of the molecule is Cc1ccccc1N1CCN(C(=O)CC(c2cccc(C(F)(F)F)c2)c2cnc3ccccn23)CC1. The average molecular weight is 493 g/mol. The maximum atomic E-state index is 13.5. The third kappa shape index (κ3) is 4.80. The minimum absolute atomic E-state index is 0.0639. The number of para-hydroxylation sites is 1. The highest BCUT2D eigenvalue weighted by atomic mass is 19.4. The number of rotatable bonds is 5. The molecule has 36 heavy (non-hydrogen) atoms. The first-order chi connectivity index (χ1) is 17.3. The summed E-state index contributed by atoms with van der Waals surface area (Å²) < 4.78 is 42.3. The molecule has 1 atom stereocenters. The Bertz CT molecular complexity index is 1370. The number of imidazole rings is 1. The van der Waals surface area contributed by atoms with Crippen molar-refractivity contribution in [2.75, 3.05) is 31.1 Å². The summed E-state index contributed by atoms with van der Waals surface area (Å²) in [7, 11) is 0. The Morgan fingerprint density at radius 1 is 0.972 bits per heavy atom.